The molecule has 1 aliphatic heterocycles. The van der Waals surface area contributed by atoms with Gasteiger partial charge in [0.2, 0.25) is 0 Å². The summed E-state index contributed by atoms with van der Waals surface area (Å²) in [5.74, 6) is 0.474. The van der Waals surface area contributed by atoms with E-state index in [1.54, 1.807) is 0 Å². The predicted octanol–water partition coefficient (Wildman–Crippen LogP) is 0.403. The van der Waals surface area contributed by atoms with E-state index >= 15 is 0 Å². The number of hydrogen-bond donors (Lipinski definition) is 1. The molecule has 1 fully saturated rings. The maximum absolute atomic E-state index is 5.95. The molecule has 0 bridgehead atoms. The summed E-state index contributed by atoms with van der Waals surface area (Å²) in [7, 11) is 0. The van der Waals surface area contributed by atoms with Gasteiger partial charge in [0.05, 0.1) is 26.4 Å². The summed E-state index contributed by atoms with van der Waals surface area (Å²) in [5.41, 5.74) is 5.95. The molecule has 1 aliphatic rings. The van der Waals surface area contributed by atoms with Crippen LogP contribution >= 0.6 is 0 Å². The van der Waals surface area contributed by atoms with Gasteiger partial charge in [-0.2, -0.15) is 0 Å². The average molecular weight is 203 g/mol. The molecular formula is C10H21NO3. The molecule has 1 heterocycles. The maximum Gasteiger partial charge on any atom is 0.0701 e. The topological polar surface area (TPSA) is 53.7 Å². The Kier molecular flexibility index (Phi) is 6.10. The molecule has 0 aliphatic carbocycles. The fourth-order valence-electron chi connectivity index (χ4n) is 1.51. The quantitative estimate of drug-likeness (QED) is 0.609. The summed E-state index contributed by atoms with van der Waals surface area (Å²) in [4.78, 5) is 0. The first-order chi connectivity index (χ1) is 6.84. The van der Waals surface area contributed by atoms with E-state index in [0.717, 1.165) is 26.2 Å². The van der Waals surface area contributed by atoms with Gasteiger partial charge >= 0.3 is 0 Å². The fraction of sp³-hybridized carbons (Fsp3) is 1.00. The Morgan fingerprint density at radius 1 is 1.43 bits per heavy atom. The van der Waals surface area contributed by atoms with Gasteiger partial charge in [0.1, 0.15) is 0 Å². The van der Waals surface area contributed by atoms with Crippen LogP contribution < -0.4 is 5.73 Å². The number of nitrogens with two attached hydrogens (primary N) is 1. The smallest absolute Gasteiger partial charge is 0.0701 e. The van der Waals surface area contributed by atoms with Crippen LogP contribution in [0.4, 0.5) is 0 Å². The minimum Gasteiger partial charge on any atom is -0.381 e. The van der Waals surface area contributed by atoms with Crippen molar-refractivity contribution in [1.29, 1.82) is 0 Å². The fourth-order valence-corrected chi connectivity index (χ4v) is 1.51. The van der Waals surface area contributed by atoms with E-state index in [1.807, 2.05) is 6.92 Å². The van der Waals surface area contributed by atoms with Gasteiger partial charge in [0, 0.05) is 25.2 Å². The third-order valence-corrected chi connectivity index (χ3v) is 2.46. The first-order valence-electron chi connectivity index (χ1n) is 5.33. The monoisotopic (exact) mass is 203 g/mol. The van der Waals surface area contributed by atoms with Gasteiger partial charge in [0.15, 0.2) is 0 Å². The van der Waals surface area contributed by atoms with Crippen molar-refractivity contribution in [2.45, 2.75) is 19.4 Å². The molecule has 0 aromatic heterocycles. The van der Waals surface area contributed by atoms with E-state index in [0.29, 0.717) is 25.7 Å². The molecule has 0 spiro atoms. The van der Waals surface area contributed by atoms with Crippen LogP contribution in [-0.2, 0) is 14.2 Å². The molecule has 14 heavy (non-hydrogen) atoms. The third kappa shape index (κ3) is 4.37. The summed E-state index contributed by atoms with van der Waals surface area (Å²) < 4.78 is 15.8. The number of hydrogen-bond acceptors (Lipinski definition) is 4. The van der Waals surface area contributed by atoms with Crippen LogP contribution in [0, 0.1) is 5.92 Å². The highest BCUT2D eigenvalue weighted by molar-refractivity contribution is 4.75. The average Bonchev–Trinajstić information content (AvgIpc) is 2.70. The number of ether oxygens (including phenoxy) is 3. The van der Waals surface area contributed by atoms with Crippen LogP contribution in [-0.4, -0.2) is 45.7 Å². The van der Waals surface area contributed by atoms with Gasteiger partial charge in [-0.25, -0.2) is 0 Å². The normalized spacial score (nSPS) is 24.0. The third-order valence-electron chi connectivity index (χ3n) is 2.46. The first kappa shape index (κ1) is 11.9. The van der Waals surface area contributed by atoms with Crippen LogP contribution in [0.5, 0.6) is 0 Å². The van der Waals surface area contributed by atoms with Gasteiger partial charge in [0.25, 0.3) is 0 Å². The zero-order valence-electron chi connectivity index (χ0n) is 8.91. The Bertz CT molecular complexity index is 137. The lowest BCUT2D eigenvalue weighted by molar-refractivity contribution is 0.0402. The molecule has 2 unspecified atom stereocenters. The molecule has 0 aromatic carbocycles. The zero-order valence-corrected chi connectivity index (χ0v) is 8.91. The summed E-state index contributed by atoms with van der Waals surface area (Å²) in [6.07, 6.45) is 1.07. The second-order valence-electron chi connectivity index (χ2n) is 3.56. The van der Waals surface area contributed by atoms with Crippen molar-refractivity contribution in [3.63, 3.8) is 0 Å². The Balaban J connectivity index is 1.94. The Hall–Kier alpha value is -0.160. The molecule has 0 radical (unpaired) electrons. The molecule has 0 saturated carbocycles. The van der Waals surface area contributed by atoms with Crippen molar-refractivity contribution in [2.24, 2.45) is 11.7 Å². The molecule has 1 saturated heterocycles. The molecule has 84 valence electrons. The standard InChI is InChI=1S/C10H21NO3/c1-2-12-5-6-14-8-10(11)9-3-4-13-7-9/h9-10H,2-8,11H2,1H3. The van der Waals surface area contributed by atoms with Crippen molar-refractivity contribution in [3.05, 3.63) is 0 Å². The second kappa shape index (κ2) is 7.17. The van der Waals surface area contributed by atoms with Crippen LogP contribution in [0.25, 0.3) is 0 Å². The largest absolute Gasteiger partial charge is 0.381 e. The lowest BCUT2D eigenvalue weighted by Gasteiger charge is -2.17. The Morgan fingerprint density at radius 3 is 2.86 bits per heavy atom. The van der Waals surface area contributed by atoms with Crippen molar-refractivity contribution in [3.8, 4) is 0 Å². The molecule has 2 atom stereocenters. The van der Waals surface area contributed by atoms with E-state index in [2.05, 4.69) is 0 Å². The highest BCUT2D eigenvalue weighted by Crippen LogP contribution is 2.15. The van der Waals surface area contributed by atoms with Gasteiger partial charge in [-0.3, -0.25) is 0 Å². The van der Waals surface area contributed by atoms with Crippen LogP contribution in [0.2, 0.25) is 0 Å². The van der Waals surface area contributed by atoms with E-state index in [1.165, 1.54) is 0 Å². The van der Waals surface area contributed by atoms with E-state index in [4.69, 9.17) is 19.9 Å². The van der Waals surface area contributed by atoms with Gasteiger partial charge < -0.3 is 19.9 Å². The van der Waals surface area contributed by atoms with Crippen molar-refractivity contribution in [2.75, 3.05) is 39.6 Å². The van der Waals surface area contributed by atoms with Gasteiger partial charge in [-0.1, -0.05) is 0 Å². The number of rotatable bonds is 7. The Labute approximate surface area is 85.7 Å². The lowest BCUT2D eigenvalue weighted by Crippen LogP contribution is -2.35. The highest BCUT2D eigenvalue weighted by Gasteiger charge is 2.22. The van der Waals surface area contributed by atoms with Gasteiger partial charge in [-0.15, -0.1) is 0 Å². The first-order valence-corrected chi connectivity index (χ1v) is 5.33. The summed E-state index contributed by atoms with van der Waals surface area (Å²) in [6, 6.07) is 0.110. The maximum atomic E-state index is 5.95. The summed E-state index contributed by atoms with van der Waals surface area (Å²) >= 11 is 0. The zero-order chi connectivity index (χ0) is 10.2. The molecule has 0 amide bonds. The highest BCUT2D eigenvalue weighted by atomic mass is 16.5. The molecule has 2 N–H and O–H groups in total. The molecule has 1 rings (SSSR count). The SMILES string of the molecule is CCOCCOCC(N)C1CCOC1. The summed E-state index contributed by atoms with van der Waals surface area (Å²) in [6.45, 7) is 6.25. The summed E-state index contributed by atoms with van der Waals surface area (Å²) in [5, 5.41) is 0. The second-order valence-corrected chi connectivity index (χ2v) is 3.56. The van der Waals surface area contributed by atoms with Crippen LogP contribution in [0.15, 0.2) is 0 Å². The van der Waals surface area contributed by atoms with Crippen LogP contribution in [0.3, 0.4) is 0 Å². The van der Waals surface area contributed by atoms with Crippen molar-refractivity contribution < 1.29 is 14.2 Å². The van der Waals surface area contributed by atoms with E-state index in [-0.39, 0.29) is 6.04 Å². The minimum absolute atomic E-state index is 0.110. The van der Waals surface area contributed by atoms with Gasteiger partial charge in [-0.05, 0) is 13.3 Å². The predicted molar refractivity (Wildman–Crippen MR) is 54.2 cm³/mol. The molecular weight excluding hydrogens is 182 g/mol. The van der Waals surface area contributed by atoms with Crippen LogP contribution in [0.1, 0.15) is 13.3 Å². The lowest BCUT2D eigenvalue weighted by atomic mass is 10.0. The van der Waals surface area contributed by atoms with Crippen molar-refractivity contribution >= 4 is 0 Å². The molecule has 4 nitrogen and oxygen atoms in total. The molecule has 0 aromatic rings. The molecule has 4 heteroatoms. The minimum atomic E-state index is 0.110. The van der Waals surface area contributed by atoms with Crippen molar-refractivity contribution in [1.82, 2.24) is 0 Å². The van der Waals surface area contributed by atoms with E-state index in [9.17, 15) is 0 Å². The Morgan fingerprint density at radius 2 is 2.21 bits per heavy atom. The van der Waals surface area contributed by atoms with E-state index < -0.39 is 0 Å².